The predicted molar refractivity (Wildman–Crippen MR) is 69.0 cm³/mol. The highest BCUT2D eigenvalue weighted by Crippen LogP contribution is 2.40. The number of benzene rings is 2. The molecule has 1 nitrogen and oxygen atoms in total. The largest absolute Gasteiger partial charge is 0.377 e. The highest BCUT2D eigenvalue weighted by molar-refractivity contribution is 6.18. The van der Waals surface area contributed by atoms with Gasteiger partial charge in [0.15, 0.2) is 0 Å². The molecule has 0 saturated heterocycles. The average molecular weight is 230 g/mol. The van der Waals surface area contributed by atoms with Crippen molar-refractivity contribution in [2.24, 2.45) is 0 Å². The van der Waals surface area contributed by atoms with Gasteiger partial charge in [-0.05, 0) is 17.2 Å². The van der Waals surface area contributed by atoms with Gasteiger partial charge in [0, 0.05) is 17.1 Å². The Labute approximate surface area is 100 Å². The molecule has 0 radical (unpaired) electrons. The van der Waals surface area contributed by atoms with Crippen LogP contribution in [0.3, 0.4) is 0 Å². The van der Waals surface area contributed by atoms with E-state index in [4.69, 9.17) is 11.6 Å². The van der Waals surface area contributed by atoms with Crippen molar-refractivity contribution >= 4 is 17.3 Å². The minimum atomic E-state index is 0.216. The molecule has 2 aromatic carbocycles. The number of nitrogens with one attached hydrogen (secondary N) is 1. The fourth-order valence-corrected chi connectivity index (χ4v) is 2.52. The predicted octanol–water partition coefficient (Wildman–Crippen LogP) is 4.06. The molecular weight excluding hydrogens is 218 g/mol. The number of fused-ring (bicyclic) bond motifs is 3. The van der Waals surface area contributed by atoms with Crippen molar-refractivity contribution in [1.29, 1.82) is 0 Å². The summed E-state index contributed by atoms with van der Waals surface area (Å²) in [5.74, 6) is 0.589. The fourth-order valence-electron chi connectivity index (χ4n) is 2.28. The van der Waals surface area contributed by atoms with Crippen molar-refractivity contribution in [3.8, 4) is 11.1 Å². The molecule has 0 fully saturated rings. The molecule has 0 saturated carbocycles. The van der Waals surface area contributed by atoms with Crippen LogP contribution in [0.1, 0.15) is 11.6 Å². The van der Waals surface area contributed by atoms with Crippen molar-refractivity contribution in [1.82, 2.24) is 0 Å². The summed E-state index contributed by atoms with van der Waals surface area (Å²) in [5.41, 5.74) is 5.02. The van der Waals surface area contributed by atoms with E-state index in [-0.39, 0.29) is 6.04 Å². The maximum atomic E-state index is 6.01. The zero-order valence-electron chi connectivity index (χ0n) is 8.78. The van der Waals surface area contributed by atoms with Gasteiger partial charge in [0.2, 0.25) is 0 Å². The van der Waals surface area contributed by atoms with Gasteiger partial charge in [-0.1, -0.05) is 42.5 Å². The van der Waals surface area contributed by atoms with E-state index in [0.29, 0.717) is 5.88 Å². The average Bonchev–Trinajstić information content (AvgIpc) is 2.38. The van der Waals surface area contributed by atoms with Gasteiger partial charge in [0.1, 0.15) is 0 Å². The summed E-state index contributed by atoms with van der Waals surface area (Å²) in [6.45, 7) is 0. The maximum Gasteiger partial charge on any atom is 0.0655 e. The Morgan fingerprint density at radius 2 is 1.62 bits per heavy atom. The second-order valence-corrected chi connectivity index (χ2v) is 4.29. The Balaban J connectivity index is 2.24. The molecular formula is C14H12ClN. The lowest BCUT2D eigenvalue weighted by molar-refractivity contribution is 0.885. The van der Waals surface area contributed by atoms with Crippen LogP contribution >= 0.6 is 11.6 Å². The van der Waals surface area contributed by atoms with Gasteiger partial charge in [-0.2, -0.15) is 0 Å². The Hall–Kier alpha value is -1.47. The molecule has 1 atom stereocenters. The van der Waals surface area contributed by atoms with Crippen molar-refractivity contribution < 1.29 is 0 Å². The molecule has 0 spiro atoms. The third-order valence-electron chi connectivity index (χ3n) is 3.04. The van der Waals surface area contributed by atoms with E-state index in [1.165, 1.54) is 22.4 Å². The van der Waals surface area contributed by atoms with Crippen LogP contribution in [0.25, 0.3) is 11.1 Å². The minimum Gasteiger partial charge on any atom is -0.377 e. The first-order chi connectivity index (χ1) is 7.90. The lowest BCUT2D eigenvalue weighted by Gasteiger charge is -2.28. The van der Waals surface area contributed by atoms with Crippen molar-refractivity contribution in [3.05, 3.63) is 54.1 Å². The van der Waals surface area contributed by atoms with Crippen LogP contribution in [0.5, 0.6) is 0 Å². The molecule has 2 aromatic rings. The van der Waals surface area contributed by atoms with Gasteiger partial charge in [0.05, 0.1) is 6.04 Å². The molecule has 0 aliphatic carbocycles. The molecule has 1 unspecified atom stereocenters. The van der Waals surface area contributed by atoms with Crippen molar-refractivity contribution in [2.45, 2.75) is 6.04 Å². The molecule has 3 rings (SSSR count). The number of alkyl halides is 1. The Bertz CT molecular complexity index is 522. The molecule has 0 amide bonds. The summed E-state index contributed by atoms with van der Waals surface area (Å²) in [4.78, 5) is 0. The second-order valence-electron chi connectivity index (χ2n) is 3.98. The van der Waals surface area contributed by atoms with Crippen LogP contribution < -0.4 is 5.32 Å². The molecule has 1 aliphatic heterocycles. The van der Waals surface area contributed by atoms with Crippen LogP contribution in [0, 0.1) is 0 Å². The monoisotopic (exact) mass is 229 g/mol. The minimum absolute atomic E-state index is 0.216. The number of hydrogen-bond donors (Lipinski definition) is 1. The maximum absolute atomic E-state index is 6.01. The number of halogens is 1. The standard InChI is InChI=1S/C14H12ClN/c15-9-14-12-7-2-1-5-10(12)11-6-3-4-8-13(11)16-14/h1-8,14,16H,9H2. The van der Waals surface area contributed by atoms with E-state index < -0.39 is 0 Å². The molecule has 0 bridgehead atoms. The van der Waals surface area contributed by atoms with Crippen LogP contribution in [0.2, 0.25) is 0 Å². The summed E-state index contributed by atoms with van der Waals surface area (Å²) in [6, 6.07) is 17.0. The molecule has 1 aliphatic rings. The van der Waals surface area contributed by atoms with Crippen LogP contribution in [0.15, 0.2) is 48.5 Å². The van der Waals surface area contributed by atoms with E-state index >= 15 is 0 Å². The number of para-hydroxylation sites is 1. The highest BCUT2D eigenvalue weighted by atomic mass is 35.5. The molecule has 0 aromatic heterocycles. The quantitative estimate of drug-likeness (QED) is 0.728. The first-order valence-corrected chi connectivity index (χ1v) is 5.94. The summed E-state index contributed by atoms with van der Waals surface area (Å²) in [6.07, 6.45) is 0. The fraction of sp³-hybridized carbons (Fsp3) is 0.143. The van der Waals surface area contributed by atoms with Crippen LogP contribution in [0.4, 0.5) is 5.69 Å². The van der Waals surface area contributed by atoms with Crippen LogP contribution in [-0.2, 0) is 0 Å². The first-order valence-electron chi connectivity index (χ1n) is 5.41. The molecule has 2 heteroatoms. The molecule has 16 heavy (non-hydrogen) atoms. The third-order valence-corrected chi connectivity index (χ3v) is 3.35. The summed E-state index contributed by atoms with van der Waals surface area (Å²) < 4.78 is 0. The SMILES string of the molecule is ClCC1Nc2ccccc2-c2ccccc21. The summed E-state index contributed by atoms with van der Waals surface area (Å²) in [7, 11) is 0. The summed E-state index contributed by atoms with van der Waals surface area (Å²) in [5, 5.41) is 3.47. The Morgan fingerprint density at radius 1 is 0.938 bits per heavy atom. The van der Waals surface area contributed by atoms with Gasteiger partial charge < -0.3 is 5.32 Å². The lowest BCUT2D eigenvalue weighted by Crippen LogP contribution is -2.17. The van der Waals surface area contributed by atoms with Crippen LogP contribution in [-0.4, -0.2) is 5.88 Å². The van der Waals surface area contributed by atoms with E-state index in [1.807, 2.05) is 6.07 Å². The zero-order chi connectivity index (χ0) is 11.0. The van der Waals surface area contributed by atoms with Gasteiger partial charge >= 0.3 is 0 Å². The van der Waals surface area contributed by atoms with Gasteiger partial charge in [-0.3, -0.25) is 0 Å². The topological polar surface area (TPSA) is 12.0 Å². The first kappa shape index (κ1) is 9.73. The molecule has 80 valence electrons. The van der Waals surface area contributed by atoms with Gasteiger partial charge in [-0.15, -0.1) is 11.6 Å². The van der Waals surface area contributed by atoms with E-state index in [1.54, 1.807) is 0 Å². The molecule has 1 N–H and O–H groups in total. The Morgan fingerprint density at radius 3 is 2.44 bits per heavy atom. The van der Waals surface area contributed by atoms with Gasteiger partial charge in [-0.25, -0.2) is 0 Å². The van der Waals surface area contributed by atoms with E-state index in [9.17, 15) is 0 Å². The van der Waals surface area contributed by atoms with Crippen molar-refractivity contribution in [3.63, 3.8) is 0 Å². The lowest BCUT2D eigenvalue weighted by atomic mass is 9.90. The normalized spacial score (nSPS) is 17.2. The van der Waals surface area contributed by atoms with E-state index in [0.717, 1.165) is 0 Å². The highest BCUT2D eigenvalue weighted by Gasteiger charge is 2.22. The summed E-state index contributed by atoms with van der Waals surface area (Å²) >= 11 is 6.01. The van der Waals surface area contributed by atoms with Crippen molar-refractivity contribution in [2.75, 3.05) is 11.2 Å². The van der Waals surface area contributed by atoms with Gasteiger partial charge in [0.25, 0.3) is 0 Å². The zero-order valence-corrected chi connectivity index (χ0v) is 9.54. The molecule has 1 heterocycles. The number of rotatable bonds is 1. The number of hydrogen-bond acceptors (Lipinski definition) is 1. The number of anilines is 1. The Kier molecular flexibility index (Phi) is 2.33. The van der Waals surface area contributed by atoms with E-state index in [2.05, 4.69) is 47.8 Å². The smallest absolute Gasteiger partial charge is 0.0655 e. The second kappa shape index (κ2) is 3.84. The third kappa shape index (κ3) is 1.40.